The van der Waals surface area contributed by atoms with Crippen LogP contribution < -0.4 is 5.32 Å². The third kappa shape index (κ3) is 2.70. The average molecular weight is 267 g/mol. The van der Waals surface area contributed by atoms with Crippen molar-refractivity contribution in [1.82, 2.24) is 9.29 Å². The van der Waals surface area contributed by atoms with Crippen LogP contribution in [0, 0.1) is 0 Å². The van der Waals surface area contributed by atoms with E-state index in [9.17, 15) is 8.42 Å². The largest absolute Gasteiger partial charge is 0.367 e. The van der Waals surface area contributed by atoms with Crippen LogP contribution in [0.4, 0.5) is 5.82 Å². The standard InChI is InChI=1S/C12H17N3O2S/c1-2-7-13-12-6-5-11(10-14-12)18(16,17)15-8-3-4-9-15/h2,5-6,10H,1,3-4,7-9H2,(H,13,14). The molecule has 0 amide bonds. The minimum Gasteiger partial charge on any atom is -0.367 e. The van der Waals surface area contributed by atoms with Gasteiger partial charge in [-0.05, 0) is 25.0 Å². The molecule has 98 valence electrons. The Kier molecular flexibility index (Phi) is 3.98. The molecule has 0 spiro atoms. The fourth-order valence-electron chi connectivity index (χ4n) is 1.89. The van der Waals surface area contributed by atoms with Crippen LogP contribution in [-0.4, -0.2) is 37.3 Å². The van der Waals surface area contributed by atoms with E-state index in [0.717, 1.165) is 12.8 Å². The third-order valence-corrected chi connectivity index (χ3v) is 4.75. The van der Waals surface area contributed by atoms with E-state index < -0.39 is 10.0 Å². The second-order valence-corrected chi connectivity index (χ2v) is 6.10. The van der Waals surface area contributed by atoms with Crippen molar-refractivity contribution in [1.29, 1.82) is 0 Å². The van der Waals surface area contributed by atoms with Crippen LogP contribution >= 0.6 is 0 Å². The van der Waals surface area contributed by atoms with Gasteiger partial charge in [-0.3, -0.25) is 0 Å². The fraction of sp³-hybridized carbons (Fsp3) is 0.417. The predicted molar refractivity (Wildman–Crippen MR) is 70.9 cm³/mol. The maximum absolute atomic E-state index is 12.2. The highest BCUT2D eigenvalue weighted by atomic mass is 32.2. The lowest BCUT2D eigenvalue weighted by Gasteiger charge is -2.15. The molecular weight excluding hydrogens is 250 g/mol. The smallest absolute Gasteiger partial charge is 0.244 e. The van der Waals surface area contributed by atoms with Crippen LogP contribution in [0.3, 0.4) is 0 Å². The van der Waals surface area contributed by atoms with E-state index in [4.69, 9.17) is 0 Å². The monoisotopic (exact) mass is 267 g/mol. The number of hydrogen-bond donors (Lipinski definition) is 1. The first-order valence-corrected chi connectivity index (χ1v) is 7.39. The van der Waals surface area contributed by atoms with Gasteiger partial charge in [0.2, 0.25) is 10.0 Å². The Hall–Kier alpha value is -1.40. The van der Waals surface area contributed by atoms with Gasteiger partial charge in [-0.15, -0.1) is 6.58 Å². The van der Waals surface area contributed by atoms with E-state index in [-0.39, 0.29) is 4.90 Å². The molecule has 0 saturated carbocycles. The van der Waals surface area contributed by atoms with Gasteiger partial charge in [-0.2, -0.15) is 4.31 Å². The van der Waals surface area contributed by atoms with E-state index in [2.05, 4.69) is 16.9 Å². The second-order valence-electron chi connectivity index (χ2n) is 4.16. The molecule has 1 aromatic heterocycles. The van der Waals surface area contributed by atoms with Gasteiger partial charge >= 0.3 is 0 Å². The molecule has 2 heterocycles. The van der Waals surface area contributed by atoms with Crippen molar-refractivity contribution in [3.8, 4) is 0 Å². The molecule has 0 radical (unpaired) electrons. The van der Waals surface area contributed by atoms with Gasteiger partial charge in [0.1, 0.15) is 10.7 Å². The summed E-state index contributed by atoms with van der Waals surface area (Å²) in [6.45, 7) is 5.41. The first-order chi connectivity index (χ1) is 8.64. The molecule has 0 unspecified atom stereocenters. The first kappa shape index (κ1) is 13.0. The van der Waals surface area contributed by atoms with Gasteiger partial charge in [-0.25, -0.2) is 13.4 Å². The van der Waals surface area contributed by atoms with Gasteiger partial charge in [0.15, 0.2) is 0 Å². The molecule has 5 nitrogen and oxygen atoms in total. The molecule has 0 atom stereocenters. The fourth-order valence-corrected chi connectivity index (χ4v) is 3.35. The first-order valence-electron chi connectivity index (χ1n) is 5.95. The Labute approximate surface area is 108 Å². The Bertz CT molecular complexity index is 505. The van der Waals surface area contributed by atoms with Crippen LogP contribution in [-0.2, 0) is 10.0 Å². The van der Waals surface area contributed by atoms with Gasteiger partial charge in [0.25, 0.3) is 0 Å². The molecule has 1 N–H and O–H groups in total. The summed E-state index contributed by atoms with van der Waals surface area (Å²) in [6, 6.07) is 3.26. The lowest BCUT2D eigenvalue weighted by atomic mass is 10.4. The van der Waals surface area contributed by atoms with Gasteiger partial charge in [-0.1, -0.05) is 6.08 Å². The average Bonchev–Trinajstić information content (AvgIpc) is 2.91. The quantitative estimate of drug-likeness (QED) is 0.821. The summed E-state index contributed by atoms with van der Waals surface area (Å²) in [6.07, 6.45) is 4.99. The van der Waals surface area contributed by atoms with Gasteiger partial charge in [0.05, 0.1) is 0 Å². The molecule has 2 rings (SSSR count). The van der Waals surface area contributed by atoms with Crippen LogP contribution in [0.15, 0.2) is 35.9 Å². The van der Waals surface area contributed by atoms with Crippen molar-refractivity contribution in [3.05, 3.63) is 31.0 Å². The summed E-state index contributed by atoms with van der Waals surface area (Å²) in [4.78, 5) is 4.35. The summed E-state index contributed by atoms with van der Waals surface area (Å²) in [7, 11) is -3.35. The Balaban J connectivity index is 2.15. The van der Waals surface area contributed by atoms with Crippen molar-refractivity contribution in [2.75, 3.05) is 25.0 Å². The van der Waals surface area contributed by atoms with E-state index in [0.29, 0.717) is 25.5 Å². The third-order valence-electron chi connectivity index (χ3n) is 2.87. The minimum absolute atomic E-state index is 0.258. The highest BCUT2D eigenvalue weighted by Crippen LogP contribution is 2.20. The van der Waals surface area contributed by atoms with E-state index in [1.54, 1.807) is 18.2 Å². The van der Waals surface area contributed by atoms with Gasteiger partial charge < -0.3 is 5.32 Å². The second kappa shape index (κ2) is 5.49. The molecular formula is C12H17N3O2S. The normalized spacial score (nSPS) is 16.7. The van der Waals surface area contributed by atoms with Gasteiger partial charge in [0, 0.05) is 25.8 Å². The summed E-state index contributed by atoms with van der Waals surface area (Å²) in [5.74, 6) is 0.648. The molecule has 1 aliphatic heterocycles. The number of aromatic nitrogens is 1. The molecule has 0 aromatic carbocycles. The van der Waals surface area contributed by atoms with E-state index in [1.165, 1.54) is 10.5 Å². The minimum atomic E-state index is -3.35. The molecule has 1 aliphatic rings. The maximum atomic E-state index is 12.2. The Morgan fingerprint density at radius 3 is 2.67 bits per heavy atom. The zero-order valence-electron chi connectivity index (χ0n) is 10.2. The molecule has 6 heteroatoms. The zero-order valence-corrected chi connectivity index (χ0v) is 11.0. The van der Waals surface area contributed by atoms with Crippen molar-refractivity contribution >= 4 is 15.8 Å². The molecule has 1 fully saturated rings. The number of rotatable bonds is 5. The van der Waals surface area contributed by atoms with E-state index >= 15 is 0 Å². The SMILES string of the molecule is C=CCNc1ccc(S(=O)(=O)N2CCCC2)cn1. The van der Waals surface area contributed by atoms with Crippen molar-refractivity contribution in [2.45, 2.75) is 17.7 Å². The molecule has 1 aromatic rings. The molecule has 0 aliphatic carbocycles. The highest BCUT2D eigenvalue weighted by molar-refractivity contribution is 7.89. The zero-order chi connectivity index (χ0) is 13.0. The maximum Gasteiger partial charge on any atom is 0.244 e. The van der Waals surface area contributed by atoms with Crippen LogP contribution in [0.5, 0.6) is 0 Å². The molecule has 1 saturated heterocycles. The Morgan fingerprint density at radius 2 is 2.11 bits per heavy atom. The number of pyridine rings is 1. The van der Waals surface area contributed by atoms with Crippen molar-refractivity contribution in [3.63, 3.8) is 0 Å². The molecule has 0 bridgehead atoms. The number of anilines is 1. The summed E-state index contributed by atoms with van der Waals surface area (Å²) >= 11 is 0. The predicted octanol–water partition coefficient (Wildman–Crippen LogP) is 1.46. The van der Waals surface area contributed by atoms with Crippen LogP contribution in [0.2, 0.25) is 0 Å². The van der Waals surface area contributed by atoms with E-state index in [1.807, 2.05) is 0 Å². The van der Waals surface area contributed by atoms with Crippen LogP contribution in [0.25, 0.3) is 0 Å². The number of nitrogens with one attached hydrogen (secondary N) is 1. The summed E-state index contributed by atoms with van der Waals surface area (Å²) in [5.41, 5.74) is 0. The number of nitrogens with zero attached hydrogens (tertiary/aromatic N) is 2. The van der Waals surface area contributed by atoms with Crippen LogP contribution in [0.1, 0.15) is 12.8 Å². The summed E-state index contributed by atoms with van der Waals surface area (Å²) < 4.78 is 25.9. The topological polar surface area (TPSA) is 62.3 Å². The molecule has 18 heavy (non-hydrogen) atoms. The summed E-state index contributed by atoms with van der Waals surface area (Å²) in [5, 5.41) is 3.00. The lowest BCUT2D eigenvalue weighted by molar-refractivity contribution is 0.477. The number of hydrogen-bond acceptors (Lipinski definition) is 4. The number of sulfonamides is 1. The lowest BCUT2D eigenvalue weighted by Crippen LogP contribution is -2.27. The Morgan fingerprint density at radius 1 is 1.39 bits per heavy atom. The van der Waals surface area contributed by atoms with Crippen molar-refractivity contribution in [2.24, 2.45) is 0 Å². The van der Waals surface area contributed by atoms with Crippen molar-refractivity contribution < 1.29 is 8.42 Å². The highest BCUT2D eigenvalue weighted by Gasteiger charge is 2.27.